The number of rotatable bonds is 7. The van der Waals surface area contributed by atoms with Crippen LogP contribution in [0.5, 0.6) is 5.75 Å². The molecule has 3 saturated heterocycles. The summed E-state index contributed by atoms with van der Waals surface area (Å²) in [6.07, 6.45) is 4.10. The van der Waals surface area contributed by atoms with Gasteiger partial charge < -0.3 is 14.0 Å². The third-order valence-electron chi connectivity index (χ3n) is 8.64. The summed E-state index contributed by atoms with van der Waals surface area (Å²) in [5.41, 5.74) is 5.86. The molecule has 1 atom stereocenters. The molecular formula is C32H37N2O3+. The van der Waals surface area contributed by atoms with E-state index < -0.39 is 0 Å². The van der Waals surface area contributed by atoms with E-state index in [0.29, 0.717) is 12.5 Å². The molecule has 3 fully saturated rings. The zero-order chi connectivity index (χ0) is 25.2. The number of anilines is 1. The van der Waals surface area contributed by atoms with Crippen LogP contribution in [0.1, 0.15) is 35.1 Å². The zero-order valence-corrected chi connectivity index (χ0v) is 21.8. The van der Waals surface area contributed by atoms with Gasteiger partial charge in [0.05, 0.1) is 32.8 Å². The fourth-order valence-electron chi connectivity index (χ4n) is 6.45. The molecule has 0 aliphatic carbocycles. The molecule has 5 heteroatoms. The van der Waals surface area contributed by atoms with E-state index in [9.17, 15) is 4.79 Å². The highest BCUT2D eigenvalue weighted by Crippen LogP contribution is 2.37. The Kier molecular flexibility index (Phi) is 6.64. The number of ether oxygens (including phenoxy) is 2. The SMILES string of the molecule is Cc1cccc(N(Cc2ccccc2)C(=O)O[C@H]2C[N+]3(CCc4ccc5c(c4)CCO5)CCC2CC3)c1. The predicted octanol–water partition coefficient (Wildman–Crippen LogP) is 5.92. The highest BCUT2D eigenvalue weighted by Gasteiger charge is 2.47. The van der Waals surface area contributed by atoms with Gasteiger partial charge in [-0.1, -0.05) is 54.6 Å². The Bertz CT molecular complexity index is 1250. The van der Waals surface area contributed by atoms with E-state index in [2.05, 4.69) is 49.4 Å². The van der Waals surface area contributed by atoms with Crippen LogP contribution in [0, 0.1) is 12.8 Å². The van der Waals surface area contributed by atoms with Crippen LogP contribution < -0.4 is 9.64 Å². The van der Waals surface area contributed by atoms with Crippen LogP contribution in [0.3, 0.4) is 0 Å². The first-order chi connectivity index (χ1) is 18.1. The molecule has 0 aromatic heterocycles. The third kappa shape index (κ3) is 5.24. The van der Waals surface area contributed by atoms with E-state index in [1.54, 1.807) is 4.90 Å². The molecule has 4 aliphatic heterocycles. The highest BCUT2D eigenvalue weighted by molar-refractivity contribution is 5.87. The van der Waals surface area contributed by atoms with Crippen molar-refractivity contribution in [3.05, 3.63) is 95.1 Å². The number of hydrogen-bond donors (Lipinski definition) is 0. The standard InChI is InChI=1S/C32H37N2O3/c1-24-6-5-9-29(20-24)33(22-26-7-3-2-4-8-26)32(35)37-31-23-34(17-13-27(31)14-18-34)16-12-25-10-11-30-28(21-25)15-19-36-30/h2-11,20-21,27,31H,12-19,22-23H2,1H3/q+1/t27?,31-,34?/m0/s1. The van der Waals surface area contributed by atoms with Crippen LogP contribution in [-0.2, 0) is 24.1 Å². The van der Waals surface area contributed by atoms with Crippen LogP contribution in [0.15, 0.2) is 72.8 Å². The number of amides is 1. The summed E-state index contributed by atoms with van der Waals surface area (Å²) in [4.78, 5) is 15.5. The van der Waals surface area contributed by atoms with E-state index in [1.165, 1.54) is 24.2 Å². The van der Waals surface area contributed by atoms with Gasteiger partial charge in [0.25, 0.3) is 0 Å². The Morgan fingerprint density at radius 1 is 1.00 bits per heavy atom. The summed E-state index contributed by atoms with van der Waals surface area (Å²) in [7, 11) is 0. The predicted molar refractivity (Wildman–Crippen MR) is 146 cm³/mol. The highest BCUT2D eigenvalue weighted by atomic mass is 16.6. The molecule has 4 heterocycles. The molecule has 7 rings (SSSR count). The van der Waals surface area contributed by atoms with E-state index >= 15 is 0 Å². The van der Waals surface area contributed by atoms with Crippen molar-refractivity contribution in [2.45, 2.75) is 45.3 Å². The molecule has 0 radical (unpaired) electrons. The van der Waals surface area contributed by atoms with Gasteiger partial charge in [-0.3, -0.25) is 4.90 Å². The summed E-state index contributed by atoms with van der Waals surface area (Å²) in [6.45, 7) is 7.78. The maximum atomic E-state index is 13.7. The van der Waals surface area contributed by atoms with Crippen LogP contribution in [0.2, 0.25) is 0 Å². The van der Waals surface area contributed by atoms with E-state index in [4.69, 9.17) is 9.47 Å². The van der Waals surface area contributed by atoms with Gasteiger partial charge in [0.2, 0.25) is 0 Å². The molecular weight excluding hydrogens is 460 g/mol. The number of fused-ring (bicyclic) bond motifs is 4. The number of piperidine rings is 3. The maximum absolute atomic E-state index is 13.7. The second-order valence-corrected chi connectivity index (χ2v) is 11.2. The van der Waals surface area contributed by atoms with Crippen molar-refractivity contribution >= 4 is 11.8 Å². The smallest absolute Gasteiger partial charge is 0.415 e. The van der Waals surface area contributed by atoms with Crippen molar-refractivity contribution < 1.29 is 18.8 Å². The quantitative estimate of drug-likeness (QED) is 0.380. The van der Waals surface area contributed by atoms with Gasteiger partial charge in [-0.05, 0) is 47.4 Å². The second kappa shape index (κ2) is 10.2. The number of nitrogens with zero attached hydrogens (tertiary/aromatic N) is 2. The van der Waals surface area contributed by atoms with Crippen molar-refractivity contribution in [3.8, 4) is 5.75 Å². The Balaban J connectivity index is 1.15. The van der Waals surface area contributed by atoms with Gasteiger partial charge in [0, 0.05) is 37.3 Å². The number of quaternary nitrogens is 1. The normalized spacial score (nSPS) is 23.8. The molecule has 4 aliphatic rings. The Hall–Kier alpha value is -3.31. The molecule has 5 nitrogen and oxygen atoms in total. The average molecular weight is 498 g/mol. The first-order valence-corrected chi connectivity index (χ1v) is 13.8. The summed E-state index contributed by atoms with van der Waals surface area (Å²) >= 11 is 0. The Morgan fingerprint density at radius 2 is 1.84 bits per heavy atom. The van der Waals surface area contributed by atoms with E-state index in [-0.39, 0.29) is 12.2 Å². The molecule has 3 aromatic carbocycles. The summed E-state index contributed by atoms with van der Waals surface area (Å²) in [6, 6.07) is 25.0. The van der Waals surface area contributed by atoms with Crippen LogP contribution >= 0.6 is 0 Å². The topological polar surface area (TPSA) is 38.8 Å². The summed E-state index contributed by atoms with van der Waals surface area (Å²) in [5, 5.41) is 0. The minimum atomic E-state index is -0.232. The monoisotopic (exact) mass is 497 g/mol. The number of carbonyl (C=O) groups is 1. The van der Waals surface area contributed by atoms with E-state index in [1.807, 2.05) is 30.3 Å². The number of carbonyl (C=O) groups excluding carboxylic acids is 1. The Labute approximate surface area is 220 Å². The third-order valence-corrected chi connectivity index (χ3v) is 8.64. The van der Waals surface area contributed by atoms with Crippen molar-refractivity contribution in [1.29, 1.82) is 0 Å². The van der Waals surface area contributed by atoms with Gasteiger partial charge in [-0.15, -0.1) is 0 Å². The van der Waals surface area contributed by atoms with Gasteiger partial charge in [-0.25, -0.2) is 4.79 Å². The first-order valence-electron chi connectivity index (χ1n) is 13.8. The van der Waals surface area contributed by atoms with Crippen molar-refractivity contribution in [2.24, 2.45) is 5.92 Å². The molecule has 1 amide bonds. The minimum Gasteiger partial charge on any atom is -0.493 e. The summed E-state index contributed by atoms with van der Waals surface area (Å²) < 4.78 is 13.1. The van der Waals surface area contributed by atoms with Crippen molar-refractivity contribution in [2.75, 3.05) is 37.7 Å². The zero-order valence-electron chi connectivity index (χ0n) is 21.8. The van der Waals surface area contributed by atoms with Crippen LogP contribution in [-0.4, -0.2) is 49.5 Å². The molecule has 192 valence electrons. The van der Waals surface area contributed by atoms with E-state index in [0.717, 1.165) is 72.4 Å². The molecule has 2 bridgehead atoms. The molecule has 37 heavy (non-hydrogen) atoms. The largest absolute Gasteiger partial charge is 0.493 e. The first kappa shape index (κ1) is 24.1. The fraction of sp³-hybridized carbons (Fsp3) is 0.406. The Morgan fingerprint density at radius 3 is 2.65 bits per heavy atom. The van der Waals surface area contributed by atoms with Crippen molar-refractivity contribution in [3.63, 3.8) is 0 Å². The lowest BCUT2D eigenvalue weighted by Gasteiger charge is -2.52. The van der Waals surface area contributed by atoms with Gasteiger partial charge in [0.1, 0.15) is 12.3 Å². The van der Waals surface area contributed by atoms with Crippen molar-refractivity contribution in [1.82, 2.24) is 0 Å². The van der Waals surface area contributed by atoms with Gasteiger partial charge in [0.15, 0.2) is 6.10 Å². The molecule has 0 saturated carbocycles. The lowest BCUT2D eigenvalue weighted by atomic mass is 9.83. The van der Waals surface area contributed by atoms with Gasteiger partial charge >= 0.3 is 6.09 Å². The maximum Gasteiger partial charge on any atom is 0.415 e. The van der Waals surface area contributed by atoms with Crippen LogP contribution in [0.4, 0.5) is 10.5 Å². The number of hydrogen-bond acceptors (Lipinski definition) is 3. The lowest BCUT2D eigenvalue weighted by molar-refractivity contribution is -0.945. The fourth-order valence-corrected chi connectivity index (χ4v) is 6.45. The molecule has 0 N–H and O–H groups in total. The van der Waals surface area contributed by atoms with Crippen LogP contribution in [0.25, 0.3) is 0 Å². The molecule has 3 aromatic rings. The number of aryl methyl sites for hydroxylation is 1. The second-order valence-electron chi connectivity index (χ2n) is 11.2. The minimum absolute atomic E-state index is 0.0218. The lowest BCUT2D eigenvalue weighted by Crippen LogP contribution is -2.65. The number of benzene rings is 3. The molecule has 0 spiro atoms. The summed E-state index contributed by atoms with van der Waals surface area (Å²) in [5.74, 6) is 1.52. The van der Waals surface area contributed by atoms with Gasteiger partial charge in [-0.2, -0.15) is 0 Å². The average Bonchev–Trinajstić information content (AvgIpc) is 3.40. The molecule has 0 unspecified atom stereocenters.